The summed E-state index contributed by atoms with van der Waals surface area (Å²) in [6, 6.07) is 6.21. The Kier molecular flexibility index (Phi) is 3.77. The molecule has 0 saturated carbocycles. The average Bonchev–Trinajstić information content (AvgIpc) is 2.80. The van der Waals surface area contributed by atoms with Crippen LogP contribution in [0.15, 0.2) is 24.3 Å². The number of aryl methyl sites for hydroxylation is 3. The van der Waals surface area contributed by atoms with Gasteiger partial charge in [-0.05, 0) is 50.1 Å². The summed E-state index contributed by atoms with van der Waals surface area (Å²) in [5, 5.41) is 3.53. The number of hydrogen-bond donors (Lipinski definition) is 2. The first-order valence-electron chi connectivity index (χ1n) is 7.10. The normalized spacial score (nSPS) is 11.0. The van der Waals surface area contributed by atoms with Gasteiger partial charge in [0.2, 0.25) is 0 Å². The van der Waals surface area contributed by atoms with Crippen molar-refractivity contribution < 1.29 is 9.18 Å². The molecule has 0 bridgehead atoms. The van der Waals surface area contributed by atoms with Crippen LogP contribution in [0.3, 0.4) is 0 Å². The van der Waals surface area contributed by atoms with Gasteiger partial charge in [-0.1, -0.05) is 6.07 Å². The molecule has 1 amide bonds. The van der Waals surface area contributed by atoms with Gasteiger partial charge in [-0.3, -0.25) is 4.79 Å². The van der Waals surface area contributed by atoms with Gasteiger partial charge in [0.05, 0.1) is 5.69 Å². The zero-order valence-corrected chi connectivity index (χ0v) is 13.8. The highest BCUT2D eigenvalue weighted by molar-refractivity contribution is 7.21. The monoisotopic (exact) mass is 329 g/mol. The highest BCUT2D eigenvalue weighted by Gasteiger charge is 2.19. The molecule has 4 nitrogen and oxygen atoms in total. The molecule has 3 N–H and O–H groups in total. The number of aromatic nitrogens is 1. The number of amides is 1. The Bertz CT molecular complexity index is 933. The molecule has 0 aliphatic heterocycles. The molecule has 0 unspecified atom stereocenters. The SMILES string of the molecule is Cc1cc(C)c2c(N)c(C(=O)Nc3cc(F)ccc3C)sc2n1. The molecule has 3 aromatic rings. The summed E-state index contributed by atoms with van der Waals surface area (Å²) < 4.78 is 13.4. The van der Waals surface area contributed by atoms with E-state index in [4.69, 9.17) is 5.73 Å². The molecule has 2 heterocycles. The zero-order valence-electron chi connectivity index (χ0n) is 13.0. The van der Waals surface area contributed by atoms with Crippen LogP contribution in [-0.4, -0.2) is 10.9 Å². The van der Waals surface area contributed by atoms with E-state index in [1.807, 2.05) is 19.9 Å². The van der Waals surface area contributed by atoms with E-state index in [1.165, 1.54) is 23.5 Å². The summed E-state index contributed by atoms with van der Waals surface area (Å²) in [5.74, 6) is -0.750. The molecular formula is C17H16FN3OS. The van der Waals surface area contributed by atoms with E-state index in [2.05, 4.69) is 10.3 Å². The van der Waals surface area contributed by atoms with Crippen molar-refractivity contribution in [2.75, 3.05) is 11.1 Å². The third kappa shape index (κ3) is 2.77. The Labute approximate surface area is 137 Å². The molecule has 0 aliphatic carbocycles. The molecule has 1 aromatic carbocycles. The minimum absolute atomic E-state index is 0.351. The number of fused-ring (bicyclic) bond motifs is 1. The predicted octanol–water partition coefficient (Wildman–Crippen LogP) is 4.20. The topological polar surface area (TPSA) is 68.0 Å². The number of thiophene rings is 1. The van der Waals surface area contributed by atoms with Crippen LogP contribution in [0.1, 0.15) is 26.5 Å². The van der Waals surface area contributed by atoms with Crippen LogP contribution in [0.2, 0.25) is 0 Å². The molecule has 118 valence electrons. The first-order chi connectivity index (χ1) is 10.9. The van der Waals surface area contributed by atoms with Crippen LogP contribution in [-0.2, 0) is 0 Å². The number of rotatable bonds is 2. The molecule has 6 heteroatoms. The van der Waals surface area contributed by atoms with E-state index in [0.29, 0.717) is 16.3 Å². The maximum atomic E-state index is 13.4. The van der Waals surface area contributed by atoms with Gasteiger partial charge >= 0.3 is 0 Å². The largest absolute Gasteiger partial charge is 0.397 e. The van der Waals surface area contributed by atoms with Crippen molar-refractivity contribution in [1.29, 1.82) is 0 Å². The van der Waals surface area contributed by atoms with Crippen LogP contribution in [0.5, 0.6) is 0 Å². The molecule has 3 rings (SSSR count). The van der Waals surface area contributed by atoms with E-state index < -0.39 is 5.82 Å². The maximum Gasteiger partial charge on any atom is 0.267 e. The van der Waals surface area contributed by atoms with Gasteiger partial charge in [-0.25, -0.2) is 9.37 Å². The number of nitrogens with one attached hydrogen (secondary N) is 1. The van der Waals surface area contributed by atoms with Crippen LogP contribution in [0.25, 0.3) is 10.2 Å². The fraction of sp³-hybridized carbons (Fsp3) is 0.176. The molecule has 0 aliphatic rings. The lowest BCUT2D eigenvalue weighted by Crippen LogP contribution is -2.13. The first-order valence-corrected chi connectivity index (χ1v) is 7.92. The maximum absolute atomic E-state index is 13.4. The summed E-state index contributed by atoms with van der Waals surface area (Å²) in [7, 11) is 0. The minimum atomic E-state index is -0.400. The molecule has 2 aromatic heterocycles. The number of pyridine rings is 1. The van der Waals surface area contributed by atoms with Crippen molar-refractivity contribution in [2.24, 2.45) is 0 Å². The number of carbonyl (C=O) groups excluding carboxylic acids is 1. The number of hydrogen-bond acceptors (Lipinski definition) is 4. The molecule has 0 atom stereocenters. The van der Waals surface area contributed by atoms with Gasteiger partial charge in [0.1, 0.15) is 15.5 Å². The third-order valence-corrected chi connectivity index (χ3v) is 4.78. The lowest BCUT2D eigenvalue weighted by Gasteiger charge is -2.08. The first kappa shape index (κ1) is 15.4. The number of anilines is 2. The van der Waals surface area contributed by atoms with Crippen LogP contribution < -0.4 is 11.1 Å². The smallest absolute Gasteiger partial charge is 0.267 e. The van der Waals surface area contributed by atoms with Crippen LogP contribution in [0.4, 0.5) is 15.8 Å². The number of carbonyl (C=O) groups is 1. The predicted molar refractivity (Wildman–Crippen MR) is 92.6 cm³/mol. The van der Waals surface area contributed by atoms with Crippen molar-refractivity contribution in [3.8, 4) is 0 Å². The highest BCUT2D eigenvalue weighted by Crippen LogP contribution is 2.35. The quantitative estimate of drug-likeness (QED) is 0.740. The lowest BCUT2D eigenvalue weighted by molar-refractivity contribution is 0.103. The molecular weight excluding hydrogens is 313 g/mol. The fourth-order valence-corrected chi connectivity index (χ4v) is 3.66. The number of halogens is 1. The van der Waals surface area contributed by atoms with Gasteiger partial charge in [-0.15, -0.1) is 11.3 Å². The number of nitrogens with zero attached hydrogens (tertiary/aromatic N) is 1. The summed E-state index contributed by atoms with van der Waals surface area (Å²) in [6.45, 7) is 5.65. The van der Waals surface area contributed by atoms with Gasteiger partial charge < -0.3 is 11.1 Å². The Hall–Kier alpha value is -2.47. The van der Waals surface area contributed by atoms with E-state index in [-0.39, 0.29) is 5.91 Å². The van der Waals surface area contributed by atoms with Crippen molar-refractivity contribution >= 4 is 38.8 Å². The average molecular weight is 329 g/mol. The zero-order chi connectivity index (χ0) is 16.7. The van der Waals surface area contributed by atoms with Crippen LogP contribution in [0, 0.1) is 26.6 Å². The van der Waals surface area contributed by atoms with E-state index in [9.17, 15) is 9.18 Å². The Morgan fingerprint density at radius 3 is 2.70 bits per heavy atom. The lowest BCUT2D eigenvalue weighted by atomic mass is 10.1. The van der Waals surface area contributed by atoms with E-state index >= 15 is 0 Å². The number of benzene rings is 1. The van der Waals surface area contributed by atoms with Gasteiger partial charge in [0.25, 0.3) is 5.91 Å². The summed E-state index contributed by atoms with van der Waals surface area (Å²) >= 11 is 1.25. The van der Waals surface area contributed by atoms with E-state index in [1.54, 1.807) is 13.0 Å². The Morgan fingerprint density at radius 1 is 1.22 bits per heavy atom. The molecule has 0 saturated heterocycles. The fourth-order valence-electron chi connectivity index (χ4n) is 2.55. The van der Waals surface area contributed by atoms with E-state index in [0.717, 1.165) is 27.0 Å². The molecule has 0 fully saturated rings. The van der Waals surface area contributed by atoms with Gasteiger partial charge in [-0.2, -0.15) is 0 Å². The number of nitrogen functional groups attached to an aromatic ring is 1. The Balaban J connectivity index is 2.03. The second-order valence-corrected chi connectivity index (χ2v) is 6.52. The molecule has 23 heavy (non-hydrogen) atoms. The molecule has 0 spiro atoms. The standard InChI is InChI=1S/C17H16FN3OS/c1-8-4-5-11(18)7-12(8)21-16(22)15-14(19)13-9(2)6-10(3)20-17(13)23-15/h4-7H,19H2,1-3H3,(H,21,22). The second kappa shape index (κ2) is 5.62. The van der Waals surface area contributed by atoms with Gasteiger partial charge in [0, 0.05) is 16.8 Å². The van der Waals surface area contributed by atoms with Gasteiger partial charge in [0.15, 0.2) is 0 Å². The van der Waals surface area contributed by atoms with Crippen LogP contribution >= 0.6 is 11.3 Å². The minimum Gasteiger partial charge on any atom is -0.397 e. The summed E-state index contributed by atoms with van der Waals surface area (Å²) in [5.41, 5.74) is 9.65. The second-order valence-electron chi connectivity index (χ2n) is 5.52. The van der Waals surface area contributed by atoms with Crippen molar-refractivity contribution in [2.45, 2.75) is 20.8 Å². The summed E-state index contributed by atoms with van der Waals surface area (Å²) in [4.78, 5) is 18.1. The third-order valence-electron chi connectivity index (χ3n) is 3.68. The Morgan fingerprint density at radius 2 is 1.96 bits per heavy atom. The van der Waals surface area contributed by atoms with Crippen molar-refractivity contribution in [3.63, 3.8) is 0 Å². The summed E-state index contributed by atoms with van der Waals surface area (Å²) in [6.07, 6.45) is 0. The number of nitrogens with two attached hydrogens (primary N) is 1. The molecule has 0 radical (unpaired) electrons. The highest BCUT2D eigenvalue weighted by atomic mass is 32.1. The van der Waals surface area contributed by atoms with Crippen molar-refractivity contribution in [1.82, 2.24) is 4.98 Å². The van der Waals surface area contributed by atoms with Crippen molar-refractivity contribution in [3.05, 3.63) is 51.8 Å².